The van der Waals surface area contributed by atoms with Gasteiger partial charge in [-0.2, -0.15) is 0 Å². The van der Waals surface area contributed by atoms with Crippen LogP contribution in [0.2, 0.25) is 5.02 Å². The first-order valence-electron chi connectivity index (χ1n) is 10.3. The quantitative estimate of drug-likeness (QED) is 0.644. The number of hydrogen-bond acceptors (Lipinski definition) is 6. The minimum Gasteiger partial charge on any atom is -0.454 e. The highest BCUT2D eigenvalue weighted by molar-refractivity contribution is 6.33. The van der Waals surface area contributed by atoms with Crippen LogP contribution in [0.1, 0.15) is 5.56 Å². The van der Waals surface area contributed by atoms with E-state index < -0.39 is 0 Å². The number of halogens is 2. The van der Waals surface area contributed by atoms with Crippen molar-refractivity contribution in [2.24, 2.45) is 11.8 Å². The number of likely N-dealkylation sites (tertiary alicyclic amines) is 1. The normalized spacial score (nSPS) is 23.6. The van der Waals surface area contributed by atoms with Crippen molar-refractivity contribution in [3.8, 4) is 22.8 Å². The van der Waals surface area contributed by atoms with E-state index in [9.17, 15) is 4.39 Å². The van der Waals surface area contributed by atoms with E-state index in [1.54, 1.807) is 0 Å². The number of aromatic nitrogens is 2. The molecule has 1 aromatic heterocycles. The number of rotatable bonds is 5. The first-order chi connectivity index (χ1) is 15.1. The molecule has 31 heavy (non-hydrogen) atoms. The number of ether oxygens (including phenoxy) is 2. The lowest BCUT2D eigenvalue weighted by molar-refractivity contribution is 0.174. The third-order valence-corrected chi connectivity index (χ3v) is 6.63. The van der Waals surface area contributed by atoms with Crippen molar-refractivity contribution >= 4 is 17.4 Å². The van der Waals surface area contributed by atoms with E-state index in [2.05, 4.69) is 32.5 Å². The maximum Gasteiger partial charge on any atom is 0.231 e. The Morgan fingerprint density at radius 2 is 1.84 bits per heavy atom. The average Bonchev–Trinajstić information content (AvgIpc) is 3.14. The minimum atomic E-state index is -0.348. The first kappa shape index (κ1) is 18.8. The second-order valence-electron chi connectivity index (χ2n) is 8.31. The Balaban J connectivity index is 1.05. The fourth-order valence-electron chi connectivity index (χ4n) is 4.67. The van der Waals surface area contributed by atoms with Crippen molar-refractivity contribution in [1.82, 2.24) is 15.1 Å². The predicted molar refractivity (Wildman–Crippen MR) is 115 cm³/mol. The van der Waals surface area contributed by atoms with Crippen LogP contribution in [-0.2, 0) is 6.54 Å². The van der Waals surface area contributed by atoms with E-state index in [0.29, 0.717) is 41.0 Å². The Bertz CT molecular complexity index is 1130. The third-order valence-electron chi connectivity index (χ3n) is 6.30. The molecular weight excluding hydrogens is 419 g/mol. The van der Waals surface area contributed by atoms with Gasteiger partial charge in [0.05, 0.1) is 10.7 Å². The van der Waals surface area contributed by atoms with Crippen LogP contribution in [0.5, 0.6) is 11.5 Å². The highest BCUT2D eigenvalue weighted by atomic mass is 35.5. The van der Waals surface area contributed by atoms with Crippen LogP contribution in [0.25, 0.3) is 11.3 Å². The van der Waals surface area contributed by atoms with Gasteiger partial charge in [-0.25, -0.2) is 4.39 Å². The van der Waals surface area contributed by atoms with Crippen LogP contribution in [0, 0.1) is 17.7 Å². The van der Waals surface area contributed by atoms with Gasteiger partial charge in [0.1, 0.15) is 11.6 Å². The molecule has 2 aromatic carbocycles. The van der Waals surface area contributed by atoms with Gasteiger partial charge in [0, 0.05) is 31.2 Å². The molecule has 1 N–H and O–H groups in total. The van der Waals surface area contributed by atoms with Crippen molar-refractivity contribution in [3.05, 3.63) is 64.9 Å². The van der Waals surface area contributed by atoms with Crippen LogP contribution in [0.3, 0.4) is 0 Å². The molecule has 6 nitrogen and oxygen atoms in total. The van der Waals surface area contributed by atoms with Gasteiger partial charge in [-0.3, -0.25) is 4.90 Å². The molecule has 3 aliphatic rings. The van der Waals surface area contributed by atoms with E-state index in [1.807, 2.05) is 18.2 Å². The van der Waals surface area contributed by atoms with Gasteiger partial charge < -0.3 is 14.8 Å². The Kier molecular flexibility index (Phi) is 4.47. The minimum absolute atomic E-state index is 0.305. The largest absolute Gasteiger partial charge is 0.454 e. The van der Waals surface area contributed by atoms with Crippen LogP contribution in [0.4, 0.5) is 10.2 Å². The lowest BCUT2D eigenvalue weighted by Gasteiger charge is -2.20. The van der Waals surface area contributed by atoms with Crippen molar-refractivity contribution in [2.45, 2.75) is 12.6 Å². The predicted octanol–water partition coefficient (Wildman–Crippen LogP) is 4.21. The summed E-state index contributed by atoms with van der Waals surface area (Å²) in [5.74, 6) is 3.28. The topological polar surface area (TPSA) is 59.5 Å². The molecule has 2 atom stereocenters. The molecule has 3 heterocycles. The van der Waals surface area contributed by atoms with E-state index >= 15 is 0 Å². The standard InChI is InChI=1S/C23H20ClFN4O2/c24-18-3-2-14(25)8-15(18)19-4-6-22(28-27-19)26-23-16-10-29(11-17(16)23)9-13-1-5-20-21(7-13)31-12-30-20/h1-8,16-17,23H,9-12H2,(H,26,28)/t16-,17-/m1/s1. The van der Waals surface area contributed by atoms with Crippen LogP contribution >= 0.6 is 11.6 Å². The molecule has 1 saturated carbocycles. The molecule has 1 aliphatic carbocycles. The number of fused-ring (bicyclic) bond motifs is 2. The number of nitrogens with zero attached hydrogens (tertiary/aromatic N) is 3. The number of nitrogens with one attached hydrogen (secondary N) is 1. The van der Waals surface area contributed by atoms with Gasteiger partial charge in [0.25, 0.3) is 0 Å². The molecule has 8 heteroatoms. The van der Waals surface area contributed by atoms with E-state index in [1.165, 1.54) is 23.8 Å². The summed E-state index contributed by atoms with van der Waals surface area (Å²) in [7, 11) is 0. The zero-order valence-electron chi connectivity index (χ0n) is 16.6. The zero-order valence-corrected chi connectivity index (χ0v) is 17.3. The second-order valence-corrected chi connectivity index (χ2v) is 8.71. The summed E-state index contributed by atoms with van der Waals surface area (Å²) >= 11 is 6.16. The van der Waals surface area contributed by atoms with Gasteiger partial charge in [0.15, 0.2) is 11.5 Å². The summed E-state index contributed by atoms with van der Waals surface area (Å²) in [4.78, 5) is 2.48. The van der Waals surface area contributed by atoms with Crippen LogP contribution in [-0.4, -0.2) is 41.0 Å². The van der Waals surface area contributed by atoms with E-state index in [4.69, 9.17) is 21.1 Å². The Morgan fingerprint density at radius 1 is 1.00 bits per heavy atom. The molecule has 2 aliphatic heterocycles. The first-order valence-corrected chi connectivity index (χ1v) is 10.7. The molecule has 6 rings (SSSR count). The molecular formula is C23H20ClFN4O2. The summed E-state index contributed by atoms with van der Waals surface area (Å²) in [6, 6.07) is 14.5. The number of hydrogen-bond donors (Lipinski definition) is 1. The van der Waals surface area contributed by atoms with Gasteiger partial charge in [-0.1, -0.05) is 17.7 Å². The summed E-state index contributed by atoms with van der Waals surface area (Å²) in [5, 5.41) is 12.5. The lowest BCUT2D eigenvalue weighted by Crippen LogP contribution is -2.27. The molecule has 0 amide bonds. The summed E-state index contributed by atoms with van der Waals surface area (Å²) in [5.41, 5.74) is 2.34. The Morgan fingerprint density at radius 3 is 2.65 bits per heavy atom. The van der Waals surface area contributed by atoms with E-state index in [0.717, 1.165) is 37.0 Å². The second kappa shape index (κ2) is 7.35. The number of benzene rings is 2. The molecule has 0 radical (unpaired) electrons. The molecule has 0 spiro atoms. The molecule has 2 fully saturated rings. The molecule has 1 saturated heterocycles. The molecule has 3 aromatic rings. The van der Waals surface area contributed by atoms with Gasteiger partial charge in [-0.15, -0.1) is 10.2 Å². The Labute approximate surface area is 183 Å². The monoisotopic (exact) mass is 438 g/mol. The van der Waals surface area contributed by atoms with E-state index in [-0.39, 0.29) is 5.82 Å². The lowest BCUT2D eigenvalue weighted by atomic mass is 10.1. The highest BCUT2D eigenvalue weighted by Crippen LogP contribution is 2.47. The van der Waals surface area contributed by atoms with Crippen molar-refractivity contribution < 1.29 is 13.9 Å². The van der Waals surface area contributed by atoms with Gasteiger partial charge >= 0.3 is 0 Å². The number of piperidine rings is 1. The maximum atomic E-state index is 13.5. The van der Waals surface area contributed by atoms with Crippen molar-refractivity contribution in [2.75, 3.05) is 25.2 Å². The SMILES string of the molecule is Fc1ccc(Cl)c(-c2ccc(NC3[C@@H]4CN(Cc5ccc6c(c5)OCO6)C[C@@H]34)nn2)c1. The number of anilines is 1. The summed E-state index contributed by atoms with van der Waals surface area (Å²) in [6.07, 6.45) is 0. The van der Waals surface area contributed by atoms with Crippen LogP contribution < -0.4 is 14.8 Å². The zero-order chi connectivity index (χ0) is 20.9. The average molecular weight is 439 g/mol. The third kappa shape index (κ3) is 3.58. The van der Waals surface area contributed by atoms with Crippen molar-refractivity contribution in [1.29, 1.82) is 0 Å². The highest BCUT2D eigenvalue weighted by Gasteiger charge is 2.55. The summed E-state index contributed by atoms with van der Waals surface area (Å²) < 4.78 is 24.4. The Hall–Kier alpha value is -2.90. The summed E-state index contributed by atoms with van der Waals surface area (Å²) in [6.45, 7) is 3.33. The smallest absolute Gasteiger partial charge is 0.231 e. The van der Waals surface area contributed by atoms with Gasteiger partial charge in [0.2, 0.25) is 6.79 Å². The fourth-order valence-corrected chi connectivity index (χ4v) is 4.89. The van der Waals surface area contributed by atoms with Crippen molar-refractivity contribution in [3.63, 3.8) is 0 Å². The van der Waals surface area contributed by atoms with Gasteiger partial charge in [-0.05, 0) is 59.9 Å². The molecule has 0 unspecified atom stereocenters. The molecule has 158 valence electrons. The molecule has 0 bridgehead atoms. The fraction of sp³-hybridized carbons (Fsp3) is 0.304. The van der Waals surface area contributed by atoms with Crippen LogP contribution in [0.15, 0.2) is 48.5 Å². The maximum absolute atomic E-state index is 13.5.